The maximum atomic E-state index is 9.30. The summed E-state index contributed by atoms with van der Waals surface area (Å²) in [6, 6.07) is 0.455. The lowest BCUT2D eigenvalue weighted by Gasteiger charge is -2.30. The molecule has 3 N–H and O–H groups in total. The number of aliphatic hydroxyl groups excluding tert-OH is 1. The molecular weight excluding hydrogens is 218 g/mol. The molecule has 0 saturated carbocycles. The number of anilines is 1. The van der Waals surface area contributed by atoms with E-state index in [2.05, 4.69) is 32.3 Å². The fourth-order valence-electron chi connectivity index (χ4n) is 1.89. The summed E-state index contributed by atoms with van der Waals surface area (Å²) >= 11 is 0. The average Bonchev–Trinajstić information content (AvgIpc) is 2.79. The minimum absolute atomic E-state index is 0.0552. The van der Waals surface area contributed by atoms with Crippen LogP contribution in [0.2, 0.25) is 0 Å². The van der Waals surface area contributed by atoms with Gasteiger partial charge in [-0.25, -0.2) is 0 Å². The van der Waals surface area contributed by atoms with Gasteiger partial charge >= 0.3 is 0 Å². The van der Waals surface area contributed by atoms with Crippen LogP contribution in [0.25, 0.3) is 0 Å². The Kier molecular flexibility index (Phi) is 3.35. The van der Waals surface area contributed by atoms with E-state index in [1.165, 1.54) is 0 Å². The van der Waals surface area contributed by atoms with Gasteiger partial charge in [0.1, 0.15) is 5.82 Å². The fourth-order valence-corrected chi connectivity index (χ4v) is 1.89. The first kappa shape index (κ1) is 12.3. The molecule has 1 unspecified atom stereocenters. The molecule has 0 spiro atoms. The molecule has 6 heteroatoms. The Labute approximate surface area is 101 Å². The number of hydrogen-bond acceptors (Lipinski definition) is 5. The first-order valence-electron chi connectivity index (χ1n) is 6.05. The Morgan fingerprint density at radius 1 is 1.53 bits per heavy atom. The van der Waals surface area contributed by atoms with Gasteiger partial charge in [-0.05, 0) is 6.92 Å². The van der Waals surface area contributed by atoms with Crippen molar-refractivity contribution in [2.24, 2.45) is 0 Å². The molecule has 1 aliphatic rings. The van der Waals surface area contributed by atoms with Crippen LogP contribution in [0, 0.1) is 0 Å². The van der Waals surface area contributed by atoms with Gasteiger partial charge in [-0.15, -0.1) is 5.10 Å². The van der Waals surface area contributed by atoms with Gasteiger partial charge in [0.2, 0.25) is 5.95 Å². The third-order valence-electron chi connectivity index (χ3n) is 3.16. The van der Waals surface area contributed by atoms with Crippen molar-refractivity contribution in [1.82, 2.24) is 20.5 Å². The number of nitrogens with zero attached hydrogens (tertiary/aromatic N) is 3. The van der Waals surface area contributed by atoms with Crippen molar-refractivity contribution in [1.29, 1.82) is 0 Å². The normalized spacial score (nSPS) is 21.9. The molecule has 1 fully saturated rings. The Hall–Kier alpha value is -1.14. The largest absolute Gasteiger partial charge is 0.395 e. The standard InChI is InChI=1S/C11H21N5O/c1-8-6-16(5-4-12-8)10-13-9(14-15-10)11(2,3)7-17/h8,12,17H,4-7H2,1-3H3,(H,13,14,15). The summed E-state index contributed by atoms with van der Waals surface area (Å²) in [6.45, 7) is 8.87. The van der Waals surface area contributed by atoms with Crippen molar-refractivity contribution in [2.45, 2.75) is 32.2 Å². The van der Waals surface area contributed by atoms with E-state index in [4.69, 9.17) is 0 Å². The van der Waals surface area contributed by atoms with Crippen molar-refractivity contribution >= 4 is 5.95 Å². The summed E-state index contributed by atoms with van der Waals surface area (Å²) in [5, 5.41) is 19.8. The van der Waals surface area contributed by atoms with Gasteiger partial charge < -0.3 is 15.3 Å². The predicted octanol–water partition coefficient (Wildman–Crippen LogP) is -0.127. The van der Waals surface area contributed by atoms with Crippen LogP contribution in [-0.4, -0.2) is 52.6 Å². The molecule has 1 aromatic rings. The molecule has 1 saturated heterocycles. The topological polar surface area (TPSA) is 77.1 Å². The van der Waals surface area contributed by atoms with Crippen LogP contribution in [-0.2, 0) is 5.41 Å². The van der Waals surface area contributed by atoms with Crippen molar-refractivity contribution in [3.8, 4) is 0 Å². The van der Waals surface area contributed by atoms with E-state index in [1.807, 2.05) is 13.8 Å². The molecule has 2 rings (SSSR count). The van der Waals surface area contributed by atoms with Gasteiger partial charge in [0.05, 0.1) is 6.61 Å². The van der Waals surface area contributed by atoms with E-state index in [9.17, 15) is 5.11 Å². The van der Waals surface area contributed by atoms with Crippen molar-refractivity contribution in [3.05, 3.63) is 5.82 Å². The van der Waals surface area contributed by atoms with E-state index in [1.54, 1.807) is 0 Å². The van der Waals surface area contributed by atoms with Crippen LogP contribution in [0.5, 0.6) is 0 Å². The van der Waals surface area contributed by atoms with Gasteiger partial charge in [0, 0.05) is 31.1 Å². The summed E-state index contributed by atoms with van der Waals surface area (Å²) < 4.78 is 0. The summed E-state index contributed by atoms with van der Waals surface area (Å²) in [5.74, 6) is 1.47. The van der Waals surface area contributed by atoms with Crippen molar-refractivity contribution in [3.63, 3.8) is 0 Å². The molecule has 0 aliphatic carbocycles. The first-order valence-corrected chi connectivity index (χ1v) is 6.05. The minimum atomic E-state index is -0.370. The molecule has 0 radical (unpaired) electrons. The second-order valence-electron chi connectivity index (χ2n) is 5.33. The average molecular weight is 239 g/mol. The molecule has 1 atom stereocenters. The number of rotatable bonds is 3. The van der Waals surface area contributed by atoms with Crippen molar-refractivity contribution < 1.29 is 5.11 Å². The zero-order chi connectivity index (χ0) is 12.5. The van der Waals surface area contributed by atoms with Crippen LogP contribution >= 0.6 is 0 Å². The molecule has 17 heavy (non-hydrogen) atoms. The second-order valence-corrected chi connectivity index (χ2v) is 5.33. The monoisotopic (exact) mass is 239 g/mol. The lowest BCUT2D eigenvalue weighted by atomic mass is 9.94. The van der Waals surface area contributed by atoms with Crippen LogP contribution in [0.3, 0.4) is 0 Å². The lowest BCUT2D eigenvalue weighted by Crippen LogP contribution is -2.49. The van der Waals surface area contributed by atoms with Crippen LogP contribution < -0.4 is 10.2 Å². The van der Waals surface area contributed by atoms with Crippen LogP contribution in [0.4, 0.5) is 5.95 Å². The third-order valence-corrected chi connectivity index (χ3v) is 3.16. The first-order chi connectivity index (χ1) is 8.03. The zero-order valence-corrected chi connectivity index (χ0v) is 10.7. The van der Waals surface area contributed by atoms with Gasteiger partial charge in [-0.1, -0.05) is 13.8 Å². The molecule has 0 bridgehead atoms. The lowest BCUT2D eigenvalue weighted by molar-refractivity contribution is 0.212. The number of piperazine rings is 1. The molecule has 6 nitrogen and oxygen atoms in total. The SMILES string of the molecule is CC1CN(c2n[nH]c(C(C)(C)CO)n2)CCN1. The van der Waals surface area contributed by atoms with E-state index in [0.29, 0.717) is 6.04 Å². The van der Waals surface area contributed by atoms with Gasteiger partial charge in [-0.2, -0.15) is 4.98 Å². The highest BCUT2D eigenvalue weighted by atomic mass is 16.3. The smallest absolute Gasteiger partial charge is 0.244 e. The van der Waals surface area contributed by atoms with E-state index < -0.39 is 0 Å². The number of nitrogens with one attached hydrogen (secondary N) is 2. The quantitative estimate of drug-likeness (QED) is 0.685. The Morgan fingerprint density at radius 2 is 2.29 bits per heavy atom. The molecule has 1 aromatic heterocycles. The van der Waals surface area contributed by atoms with Crippen LogP contribution in [0.15, 0.2) is 0 Å². The number of aromatic nitrogens is 3. The van der Waals surface area contributed by atoms with E-state index >= 15 is 0 Å². The summed E-state index contributed by atoms with van der Waals surface area (Å²) in [7, 11) is 0. The highest BCUT2D eigenvalue weighted by Gasteiger charge is 2.26. The molecule has 96 valence electrons. The fraction of sp³-hybridized carbons (Fsp3) is 0.818. The van der Waals surface area contributed by atoms with Crippen LogP contribution in [0.1, 0.15) is 26.6 Å². The number of aromatic amines is 1. The summed E-state index contributed by atoms with van der Waals surface area (Å²) in [6.07, 6.45) is 0. The maximum Gasteiger partial charge on any atom is 0.244 e. The molecule has 1 aliphatic heterocycles. The molecule has 2 heterocycles. The summed E-state index contributed by atoms with van der Waals surface area (Å²) in [5.41, 5.74) is -0.370. The van der Waals surface area contributed by atoms with E-state index in [0.717, 1.165) is 31.4 Å². The highest BCUT2D eigenvalue weighted by Crippen LogP contribution is 2.20. The third kappa shape index (κ3) is 2.58. The van der Waals surface area contributed by atoms with Gasteiger partial charge in [0.25, 0.3) is 0 Å². The van der Waals surface area contributed by atoms with Gasteiger partial charge in [0.15, 0.2) is 0 Å². The predicted molar refractivity (Wildman–Crippen MR) is 66.2 cm³/mol. The second kappa shape index (κ2) is 4.62. The van der Waals surface area contributed by atoms with Gasteiger partial charge in [-0.3, -0.25) is 5.10 Å². The molecule has 0 aromatic carbocycles. The maximum absolute atomic E-state index is 9.30. The number of H-pyrrole nitrogens is 1. The summed E-state index contributed by atoms with van der Waals surface area (Å²) in [4.78, 5) is 6.64. The number of aliphatic hydroxyl groups is 1. The molecule has 0 amide bonds. The molecular formula is C11H21N5O. The Morgan fingerprint density at radius 3 is 2.94 bits per heavy atom. The highest BCUT2D eigenvalue weighted by molar-refractivity contribution is 5.31. The zero-order valence-electron chi connectivity index (χ0n) is 10.7. The van der Waals surface area contributed by atoms with Crippen molar-refractivity contribution in [2.75, 3.05) is 31.1 Å². The Balaban J connectivity index is 2.12. The minimum Gasteiger partial charge on any atom is -0.395 e. The number of hydrogen-bond donors (Lipinski definition) is 3. The van der Waals surface area contributed by atoms with E-state index in [-0.39, 0.29) is 12.0 Å². The Bertz CT molecular complexity index is 376.